The van der Waals surface area contributed by atoms with Crippen molar-refractivity contribution < 1.29 is 27.5 Å². The van der Waals surface area contributed by atoms with E-state index in [4.69, 9.17) is 9.47 Å². The molecule has 0 aliphatic rings. The summed E-state index contributed by atoms with van der Waals surface area (Å²) in [6, 6.07) is 22.7. The molecule has 0 saturated heterocycles. The molecule has 11 nitrogen and oxygen atoms in total. The van der Waals surface area contributed by atoms with Gasteiger partial charge in [-0.3, -0.25) is 9.52 Å². The summed E-state index contributed by atoms with van der Waals surface area (Å²) in [6.45, 7) is -0.530. The van der Waals surface area contributed by atoms with Crippen LogP contribution >= 0.6 is 0 Å². The van der Waals surface area contributed by atoms with Crippen molar-refractivity contribution in [1.29, 1.82) is 0 Å². The summed E-state index contributed by atoms with van der Waals surface area (Å²) in [5.41, 5.74) is 2.74. The average Bonchev–Trinajstić information content (AvgIpc) is 3.40. The van der Waals surface area contributed by atoms with Crippen LogP contribution in [0.4, 0.5) is 11.5 Å². The predicted molar refractivity (Wildman–Crippen MR) is 148 cm³/mol. The molecule has 0 atom stereocenters. The van der Waals surface area contributed by atoms with Gasteiger partial charge in [0.1, 0.15) is 17.4 Å². The number of hydrogen-bond donors (Lipinski definition) is 3. The average molecular weight is 558 g/mol. The molecule has 5 aromatic rings. The number of benzene rings is 3. The van der Waals surface area contributed by atoms with Gasteiger partial charge < -0.3 is 19.8 Å². The molecular weight excluding hydrogens is 534 g/mol. The van der Waals surface area contributed by atoms with E-state index in [1.165, 1.54) is 36.5 Å². The largest absolute Gasteiger partial charge is 0.497 e. The number of sulfonamides is 1. The van der Waals surface area contributed by atoms with Crippen molar-refractivity contribution in [3.8, 4) is 17.1 Å². The maximum absolute atomic E-state index is 12.6. The van der Waals surface area contributed by atoms with Crippen LogP contribution in [0, 0.1) is 0 Å². The van der Waals surface area contributed by atoms with Crippen LogP contribution in [0.1, 0.15) is 10.4 Å². The Balaban J connectivity index is 1.17. The molecule has 2 heterocycles. The molecule has 1 amide bonds. The first-order chi connectivity index (χ1) is 19.3. The fourth-order valence-electron chi connectivity index (χ4n) is 3.77. The number of carbonyl (C=O) groups excluding carboxylic acids is 2. The van der Waals surface area contributed by atoms with Gasteiger partial charge in [-0.15, -0.1) is 0 Å². The van der Waals surface area contributed by atoms with E-state index in [-0.39, 0.29) is 16.3 Å². The standard InChI is InChI=1S/C28H23N5O6S/c1-38-21-10-5-18(6-11-21)27-31-23-14-7-19(16-24(23)32-27)28(35)39-17-26(34)30-20-8-12-22(13-9-20)40(36,37)33-25-4-2-3-15-29-25/h2-16H,17H2,1H3,(H,29,33)(H,30,34)(H,31,32). The molecule has 0 aliphatic carbocycles. The first-order valence-electron chi connectivity index (χ1n) is 12.0. The minimum absolute atomic E-state index is 0.00748. The van der Waals surface area contributed by atoms with Gasteiger partial charge in [0.05, 0.1) is 28.6 Å². The molecule has 202 valence electrons. The maximum Gasteiger partial charge on any atom is 0.338 e. The number of imidazole rings is 1. The first-order valence-corrected chi connectivity index (χ1v) is 13.4. The van der Waals surface area contributed by atoms with Gasteiger partial charge in [0, 0.05) is 17.4 Å². The summed E-state index contributed by atoms with van der Waals surface area (Å²) < 4.78 is 37.8. The van der Waals surface area contributed by atoms with Crippen molar-refractivity contribution in [2.24, 2.45) is 0 Å². The van der Waals surface area contributed by atoms with E-state index in [1.807, 2.05) is 24.3 Å². The molecule has 5 rings (SSSR count). The third kappa shape index (κ3) is 6.08. The number of aromatic amines is 1. The van der Waals surface area contributed by atoms with Gasteiger partial charge in [-0.25, -0.2) is 23.2 Å². The highest BCUT2D eigenvalue weighted by Gasteiger charge is 2.16. The van der Waals surface area contributed by atoms with Crippen molar-refractivity contribution in [1.82, 2.24) is 15.0 Å². The minimum atomic E-state index is -3.85. The van der Waals surface area contributed by atoms with E-state index < -0.39 is 28.5 Å². The van der Waals surface area contributed by atoms with Gasteiger partial charge in [0.2, 0.25) is 0 Å². The van der Waals surface area contributed by atoms with Crippen LogP contribution < -0.4 is 14.8 Å². The van der Waals surface area contributed by atoms with Crippen molar-refractivity contribution in [3.05, 3.63) is 96.7 Å². The number of methoxy groups -OCH3 is 1. The zero-order valence-corrected chi connectivity index (χ0v) is 21.9. The Morgan fingerprint density at radius 3 is 2.42 bits per heavy atom. The number of amides is 1. The van der Waals surface area contributed by atoms with Crippen LogP contribution in [-0.2, 0) is 19.6 Å². The summed E-state index contributed by atoms with van der Waals surface area (Å²) in [5.74, 6) is 0.285. The van der Waals surface area contributed by atoms with Gasteiger partial charge in [0.15, 0.2) is 6.61 Å². The molecule has 0 spiro atoms. The van der Waals surface area contributed by atoms with E-state index in [0.29, 0.717) is 22.5 Å². The number of pyridine rings is 1. The number of nitrogens with one attached hydrogen (secondary N) is 3. The summed E-state index contributed by atoms with van der Waals surface area (Å²) in [4.78, 5) is 36.6. The van der Waals surface area contributed by atoms with Crippen LogP contribution in [0.3, 0.4) is 0 Å². The number of carbonyl (C=O) groups is 2. The van der Waals surface area contributed by atoms with Crippen LogP contribution in [0.25, 0.3) is 22.4 Å². The molecule has 40 heavy (non-hydrogen) atoms. The van der Waals surface area contributed by atoms with E-state index >= 15 is 0 Å². The van der Waals surface area contributed by atoms with Crippen molar-refractivity contribution in [2.75, 3.05) is 23.8 Å². The monoisotopic (exact) mass is 557 g/mol. The molecular formula is C28H23N5O6S. The molecule has 0 saturated carbocycles. The molecule has 2 aromatic heterocycles. The van der Waals surface area contributed by atoms with Crippen molar-refractivity contribution in [2.45, 2.75) is 4.90 Å². The van der Waals surface area contributed by atoms with Crippen LogP contribution in [-0.4, -0.2) is 49.0 Å². The predicted octanol–water partition coefficient (Wildman–Crippen LogP) is 4.23. The summed E-state index contributed by atoms with van der Waals surface area (Å²) in [5, 5.41) is 2.57. The fraction of sp³-hybridized carbons (Fsp3) is 0.0714. The van der Waals surface area contributed by atoms with Gasteiger partial charge >= 0.3 is 5.97 Å². The highest BCUT2D eigenvalue weighted by Crippen LogP contribution is 2.24. The topological polar surface area (TPSA) is 152 Å². The van der Waals surface area contributed by atoms with Gasteiger partial charge in [-0.1, -0.05) is 6.07 Å². The Morgan fingerprint density at radius 1 is 0.950 bits per heavy atom. The highest BCUT2D eigenvalue weighted by atomic mass is 32.2. The number of anilines is 2. The van der Waals surface area contributed by atoms with Crippen LogP contribution in [0.2, 0.25) is 0 Å². The molecule has 3 N–H and O–H groups in total. The van der Waals surface area contributed by atoms with E-state index in [0.717, 1.165) is 11.3 Å². The number of fused-ring (bicyclic) bond motifs is 1. The number of H-pyrrole nitrogens is 1. The van der Waals surface area contributed by atoms with Crippen LogP contribution in [0.15, 0.2) is 96.0 Å². The molecule has 3 aromatic carbocycles. The number of rotatable bonds is 9. The van der Waals surface area contributed by atoms with E-state index in [9.17, 15) is 18.0 Å². The highest BCUT2D eigenvalue weighted by molar-refractivity contribution is 7.92. The molecule has 12 heteroatoms. The third-order valence-electron chi connectivity index (χ3n) is 5.77. The Kier molecular flexibility index (Phi) is 7.42. The lowest BCUT2D eigenvalue weighted by molar-refractivity contribution is -0.119. The normalized spacial score (nSPS) is 11.1. The Morgan fingerprint density at radius 2 is 1.73 bits per heavy atom. The minimum Gasteiger partial charge on any atom is -0.497 e. The van der Waals surface area contributed by atoms with E-state index in [1.54, 1.807) is 37.4 Å². The van der Waals surface area contributed by atoms with Gasteiger partial charge in [0.25, 0.3) is 15.9 Å². The third-order valence-corrected chi connectivity index (χ3v) is 7.14. The molecule has 0 fully saturated rings. The summed E-state index contributed by atoms with van der Waals surface area (Å²) in [6.07, 6.45) is 1.47. The second kappa shape index (κ2) is 11.3. The Labute approximate surface area is 229 Å². The van der Waals surface area contributed by atoms with Crippen LogP contribution in [0.5, 0.6) is 5.75 Å². The molecule has 0 radical (unpaired) electrons. The van der Waals surface area contributed by atoms with Gasteiger partial charge in [-0.05, 0) is 78.9 Å². The maximum atomic E-state index is 12.6. The SMILES string of the molecule is COc1ccc(-c2nc3ccc(C(=O)OCC(=O)Nc4ccc(S(=O)(=O)Nc5ccccn5)cc4)cc3[nH]2)cc1. The Bertz CT molecular complexity index is 1770. The van der Waals surface area contributed by atoms with Crippen molar-refractivity contribution in [3.63, 3.8) is 0 Å². The number of esters is 1. The molecule has 0 bridgehead atoms. The molecule has 0 unspecified atom stereocenters. The Hall–Kier alpha value is -5.23. The number of nitrogens with zero attached hydrogens (tertiary/aromatic N) is 2. The lowest BCUT2D eigenvalue weighted by atomic mass is 10.2. The summed E-state index contributed by atoms with van der Waals surface area (Å²) >= 11 is 0. The second-order valence-corrected chi connectivity index (χ2v) is 10.2. The van der Waals surface area contributed by atoms with E-state index in [2.05, 4.69) is 25.0 Å². The quantitative estimate of drug-likeness (QED) is 0.228. The lowest BCUT2D eigenvalue weighted by Gasteiger charge is -2.09. The zero-order valence-electron chi connectivity index (χ0n) is 21.1. The molecule has 0 aliphatic heterocycles. The zero-order chi connectivity index (χ0) is 28.1. The smallest absolute Gasteiger partial charge is 0.338 e. The number of hydrogen-bond acceptors (Lipinski definition) is 8. The second-order valence-electron chi connectivity index (χ2n) is 8.52. The van der Waals surface area contributed by atoms with Crippen molar-refractivity contribution >= 4 is 44.4 Å². The lowest BCUT2D eigenvalue weighted by Crippen LogP contribution is -2.21. The first kappa shape index (κ1) is 26.4. The summed E-state index contributed by atoms with van der Waals surface area (Å²) in [7, 11) is -2.26. The number of aromatic nitrogens is 3. The van der Waals surface area contributed by atoms with Gasteiger partial charge in [-0.2, -0.15) is 0 Å². The fourth-order valence-corrected chi connectivity index (χ4v) is 4.78. The number of ether oxygens (including phenoxy) is 2.